The van der Waals surface area contributed by atoms with Crippen molar-refractivity contribution in [3.63, 3.8) is 0 Å². The molecule has 12 heteroatoms. The molecule has 6 atom stereocenters. The number of carbonyl (C=O) groups is 4. The lowest BCUT2D eigenvalue weighted by molar-refractivity contribution is -0.301. The highest BCUT2D eigenvalue weighted by Crippen LogP contribution is 2.26. The van der Waals surface area contributed by atoms with E-state index in [9.17, 15) is 34.5 Å². The maximum Gasteiger partial charge on any atom is 0.335 e. The molecule has 0 saturated carbocycles. The Morgan fingerprint density at radius 1 is 0.410 bits per heavy atom. The fourth-order valence-corrected chi connectivity index (χ4v) is 9.86. The molecule has 12 nitrogen and oxygen atoms in total. The van der Waals surface area contributed by atoms with E-state index < -0.39 is 67.3 Å². The van der Waals surface area contributed by atoms with Gasteiger partial charge in [0.25, 0.3) is 0 Å². The van der Waals surface area contributed by atoms with Gasteiger partial charge < -0.3 is 39.0 Å². The van der Waals surface area contributed by atoms with Crippen LogP contribution in [-0.2, 0) is 42.9 Å². The number of esters is 3. The monoisotopic (exact) mass is 1160 g/mol. The summed E-state index contributed by atoms with van der Waals surface area (Å²) in [5.74, 6) is -3.23. The molecule has 1 aliphatic rings. The number of hydrogen-bond donors (Lipinski definition) is 3. The zero-order valence-electron chi connectivity index (χ0n) is 52.7. The molecule has 0 aromatic rings. The Kier molecular flexibility index (Phi) is 54.0. The first-order chi connectivity index (χ1) is 40.6. The number of carboxylic acids is 1. The Morgan fingerprint density at radius 3 is 1.20 bits per heavy atom. The maximum atomic E-state index is 13.2. The molecule has 0 spiro atoms. The summed E-state index contributed by atoms with van der Waals surface area (Å²) in [5, 5.41) is 31.6. The van der Waals surface area contributed by atoms with Crippen molar-refractivity contribution in [2.24, 2.45) is 0 Å². The van der Waals surface area contributed by atoms with Crippen LogP contribution >= 0.6 is 0 Å². The number of unbranched alkanes of at least 4 members (excludes halogenated alkanes) is 29. The summed E-state index contributed by atoms with van der Waals surface area (Å²) in [7, 11) is 0. The number of aliphatic hydroxyl groups is 2. The largest absolute Gasteiger partial charge is 0.479 e. The van der Waals surface area contributed by atoms with Gasteiger partial charge in [-0.2, -0.15) is 0 Å². The van der Waals surface area contributed by atoms with E-state index in [1.54, 1.807) is 0 Å². The van der Waals surface area contributed by atoms with Crippen molar-refractivity contribution in [3.8, 4) is 0 Å². The van der Waals surface area contributed by atoms with E-state index in [2.05, 4.69) is 87.6 Å². The third kappa shape index (κ3) is 47.8. The van der Waals surface area contributed by atoms with Crippen molar-refractivity contribution in [2.75, 3.05) is 13.2 Å². The first kappa shape index (κ1) is 76.9. The number of hydrogen-bond acceptors (Lipinski definition) is 11. The minimum atomic E-state index is -1.93. The average molecular weight is 1170 g/mol. The molecule has 0 aromatic heterocycles. The van der Waals surface area contributed by atoms with Gasteiger partial charge in [0.1, 0.15) is 18.8 Å². The van der Waals surface area contributed by atoms with E-state index in [1.165, 1.54) is 135 Å². The lowest BCUT2D eigenvalue weighted by Gasteiger charge is -2.40. The van der Waals surface area contributed by atoms with E-state index in [1.807, 2.05) is 18.2 Å². The Hall–Kier alpha value is -4.10. The normalized spacial score (nSPS) is 18.1. The quantitative estimate of drug-likeness (QED) is 0.0228. The van der Waals surface area contributed by atoms with Gasteiger partial charge in [-0.15, -0.1) is 0 Å². The molecule has 1 saturated heterocycles. The molecule has 3 N–H and O–H groups in total. The highest BCUT2D eigenvalue weighted by atomic mass is 16.7. The van der Waals surface area contributed by atoms with Crippen LogP contribution in [-0.4, -0.2) is 89.2 Å². The van der Waals surface area contributed by atoms with E-state index in [4.69, 9.17) is 23.7 Å². The predicted octanol–water partition coefficient (Wildman–Crippen LogP) is 18.2. The first-order valence-electron chi connectivity index (χ1n) is 33.6. The van der Waals surface area contributed by atoms with Crippen LogP contribution < -0.4 is 0 Å². The van der Waals surface area contributed by atoms with Gasteiger partial charge in [-0.25, -0.2) is 4.79 Å². The molecular formula is C71H120O12. The number of carbonyl (C=O) groups excluding carboxylic acids is 3. The molecule has 83 heavy (non-hydrogen) atoms. The van der Waals surface area contributed by atoms with Crippen molar-refractivity contribution >= 4 is 23.9 Å². The molecule has 0 amide bonds. The predicted molar refractivity (Wildman–Crippen MR) is 340 cm³/mol. The second kappa shape index (κ2) is 58.3. The van der Waals surface area contributed by atoms with E-state index in [-0.39, 0.29) is 25.9 Å². The highest BCUT2D eigenvalue weighted by molar-refractivity contribution is 5.74. The number of allylic oxidation sites excluding steroid dienone is 14. The summed E-state index contributed by atoms with van der Waals surface area (Å²) >= 11 is 0. The SMILES string of the molecule is CC/C=C\C/C=C\C/C=C\C/C=C\C/C=C\C/C=C\CCC(=O)OC1C(OCC(COC(=O)CCCCCCCCCCCCCCCCCCCCC)OC(=O)CCCCCCC/C=C\CCCCCCCC)OC(C(=O)O)C(O)C1O. The molecule has 0 aliphatic carbocycles. The van der Waals surface area contributed by atoms with Gasteiger partial charge in [0.15, 0.2) is 24.6 Å². The summed E-state index contributed by atoms with van der Waals surface area (Å²) in [4.78, 5) is 51.3. The number of rotatable bonds is 57. The number of aliphatic carboxylic acids is 1. The molecule has 1 heterocycles. The van der Waals surface area contributed by atoms with Crippen LogP contribution in [0.15, 0.2) is 85.1 Å². The van der Waals surface area contributed by atoms with Crippen LogP contribution in [0.2, 0.25) is 0 Å². The van der Waals surface area contributed by atoms with Crippen molar-refractivity contribution in [2.45, 2.75) is 327 Å². The van der Waals surface area contributed by atoms with Gasteiger partial charge in [-0.1, -0.05) is 273 Å². The summed E-state index contributed by atoms with van der Waals surface area (Å²) in [6.07, 6.45) is 64.1. The van der Waals surface area contributed by atoms with E-state index in [0.717, 1.165) is 89.9 Å². The zero-order chi connectivity index (χ0) is 60.3. The topological polar surface area (TPSA) is 175 Å². The Morgan fingerprint density at radius 2 is 0.783 bits per heavy atom. The molecular weight excluding hydrogens is 1040 g/mol. The lowest BCUT2D eigenvalue weighted by Crippen LogP contribution is -2.61. The molecule has 1 rings (SSSR count). The minimum absolute atomic E-state index is 0.0669. The van der Waals surface area contributed by atoms with Crippen LogP contribution in [0, 0.1) is 0 Å². The average Bonchev–Trinajstić information content (AvgIpc) is 3.60. The van der Waals surface area contributed by atoms with Crippen LogP contribution in [0.3, 0.4) is 0 Å². The fourth-order valence-electron chi connectivity index (χ4n) is 9.86. The molecule has 0 bridgehead atoms. The van der Waals surface area contributed by atoms with Gasteiger partial charge in [-0.3, -0.25) is 14.4 Å². The molecule has 0 aromatic carbocycles. The molecule has 1 aliphatic heterocycles. The van der Waals surface area contributed by atoms with E-state index >= 15 is 0 Å². The van der Waals surface area contributed by atoms with E-state index in [0.29, 0.717) is 25.7 Å². The summed E-state index contributed by atoms with van der Waals surface area (Å²) in [6.45, 7) is 5.88. The van der Waals surface area contributed by atoms with Crippen LogP contribution in [0.4, 0.5) is 0 Å². The number of ether oxygens (including phenoxy) is 5. The fraction of sp³-hybridized carbons (Fsp3) is 0.746. The van der Waals surface area contributed by atoms with Crippen molar-refractivity contribution < 1.29 is 58.2 Å². The van der Waals surface area contributed by atoms with Gasteiger partial charge in [0, 0.05) is 19.3 Å². The molecule has 0 radical (unpaired) electrons. The number of aliphatic hydroxyl groups excluding tert-OH is 2. The summed E-state index contributed by atoms with van der Waals surface area (Å²) in [6, 6.07) is 0. The zero-order valence-corrected chi connectivity index (χ0v) is 52.7. The minimum Gasteiger partial charge on any atom is -0.479 e. The Bertz CT molecular complexity index is 1760. The highest BCUT2D eigenvalue weighted by Gasteiger charge is 2.50. The van der Waals surface area contributed by atoms with Gasteiger partial charge in [0.2, 0.25) is 0 Å². The van der Waals surface area contributed by atoms with Crippen molar-refractivity contribution in [3.05, 3.63) is 85.1 Å². The number of carboxylic acid groups (broad SMARTS) is 1. The third-order valence-corrected chi connectivity index (χ3v) is 15.0. The molecule has 1 fully saturated rings. The third-order valence-electron chi connectivity index (χ3n) is 15.0. The van der Waals surface area contributed by atoms with Crippen LogP contribution in [0.25, 0.3) is 0 Å². The Labute approximate surface area is 505 Å². The van der Waals surface area contributed by atoms with Crippen LogP contribution in [0.5, 0.6) is 0 Å². The smallest absolute Gasteiger partial charge is 0.335 e. The van der Waals surface area contributed by atoms with Gasteiger partial charge in [0.05, 0.1) is 6.61 Å². The first-order valence-corrected chi connectivity index (χ1v) is 33.6. The second-order valence-corrected chi connectivity index (χ2v) is 22.7. The lowest BCUT2D eigenvalue weighted by atomic mass is 9.98. The van der Waals surface area contributed by atoms with Crippen molar-refractivity contribution in [1.82, 2.24) is 0 Å². The molecule has 6 unspecified atom stereocenters. The summed E-state index contributed by atoms with van der Waals surface area (Å²) in [5.41, 5.74) is 0. The molecule has 476 valence electrons. The Balaban J connectivity index is 2.68. The van der Waals surface area contributed by atoms with Crippen molar-refractivity contribution in [1.29, 1.82) is 0 Å². The maximum absolute atomic E-state index is 13.2. The van der Waals surface area contributed by atoms with Gasteiger partial charge in [-0.05, 0) is 83.5 Å². The standard InChI is InChI=1S/C71H120O12/c1-4-7-10-13-16-19-22-25-28-30-32-34-37-39-42-45-48-51-54-57-63(72)79-60-62(81-64(73)58-55-52-49-46-43-40-36-27-24-21-18-15-12-9-6-3)61-80-71-69(67(76)66(75)68(83-71)70(77)78)82-65(74)59-56-53-50-47-44-41-38-35-33-31-29-26-23-20-17-14-11-8-5-2/h8,11,17,20,26-27,29,33,35-36,41,44,50,53,62,66-69,71,75-76H,4-7,9-10,12-16,18-19,21-25,28,30-32,34,37-40,42-43,45-49,51-52,54-61H2,1-3H3,(H,77,78)/b11-8-,20-17-,29-26-,35-33-,36-27-,44-41-,53-50-. The summed E-state index contributed by atoms with van der Waals surface area (Å²) < 4.78 is 28.5. The van der Waals surface area contributed by atoms with Gasteiger partial charge >= 0.3 is 23.9 Å². The van der Waals surface area contributed by atoms with Crippen LogP contribution in [0.1, 0.15) is 290 Å². The second-order valence-electron chi connectivity index (χ2n) is 22.7.